The van der Waals surface area contributed by atoms with Crippen molar-refractivity contribution in [3.05, 3.63) is 47.2 Å². The molecule has 6 heteroatoms. The van der Waals surface area contributed by atoms with E-state index < -0.39 is 0 Å². The smallest absolute Gasteiger partial charge is 0.238 e. The minimum atomic E-state index is -0.0708. The molecule has 20 heavy (non-hydrogen) atoms. The fourth-order valence-electron chi connectivity index (χ4n) is 1.77. The Kier molecular flexibility index (Phi) is 5.15. The summed E-state index contributed by atoms with van der Waals surface area (Å²) in [5.74, 6) is -0.0708. The zero-order valence-corrected chi connectivity index (χ0v) is 12.0. The third kappa shape index (κ3) is 4.68. The molecule has 0 aliphatic carbocycles. The summed E-state index contributed by atoms with van der Waals surface area (Å²) in [6.07, 6.45) is 4.65. The second-order valence-electron chi connectivity index (χ2n) is 4.50. The largest absolute Gasteiger partial charge is 0.325 e. The van der Waals surface area contributed by atoms with Crippen molar-refractivity contribution < 1.29 is 4.79 Å². The van der Waals surface area contributed by atoms with E-state index in [0.29, 0.717) is 5.02 Å². The number of carbonyl (C=O) groups is 1. The zero-order chi connectivity index (χ0) is 14.4. The molecule has 1 heterocycles. The summed E-state index contributed by atoms with van der Waals surface area (Å²) in [4.78, 5) is 11.7. The zero-order valence-electron chi connectivity index (χ0n) is 11.3. The summed E-state index contributed by atoms with van der Waals surface area (Å²) in [5, 5.41) is 10.6. The third-order valence-corrected chi connectivity index (χ3v) is 3.01. The van der Waals surface area contributed by atoms with Gasteiger partial charge in [0.25, 0.3) is 0 Å². The van der Waals surface area contributed by atoms with E-state index in [1.165, 1.54) is 0 Å². The first-order valence-corrected chi connectivity index (χ1v) is 6.75. The van der Waals surface area contributed by atoms with Gasteiger partial charge in [0.2, 0.25) is 5.91 Å². The van der Waals surface area contributed by atoms with Gasteiger partial charge in [0.15, 0.2) is 0 Å². The molecule has 106 valence electrons. The fourth-order valence-corrected chi connectivity index (χ4v) is 1.90. The van der Waals surface area contributed by atoms with Crippen molar-refractivity contribution in [2.45, 2.75) is 6.42 Å². The van der Waals surface area contributed by atoms with Gasteiger partial charge in [-0.1, -0.05) is 11.6 Å². The highest BCUT2D eigenvalue weighted by Gasteiger charge is 2.02. The molecule has 0 spiro atoms. The van der Waals surface area contributed by atoms with Crippen LogP contribution in [0.1, 0.15) is 5.56 Å². The van der Waals surface area contributed by atoms with E-state index in [1.807, 2.05) is 19.4 Å². The maximum Gasteiger partial charge on any atom is 0.238 e. The molecule has 1 amide bonds. The number of benzene rings is 1. The molecule has 0 unspecified atom stereocenters. The molecule has 2 rings (SSSR count). The normalized spacial score (nSPS) is 10.5. The van der Waals surface area contributed by atoms with E-state index in [2.05, 4.69) is 15.7 Å². The molecule has 5 nitrogen and oxygen atoms in total. The Hall–Kier alpha value is -1.85. The molecule has 0 aliphatic rings. The monoisotopic (exact) mass is 292 g/mol. The van der Waals surface area contributed by atoms with Gasteiger partial charge in [0, 0.05) is 24.0 Å². The number of halogens is 1. The van der Waals surface area contributed by atoms with Crippen molar-refractivity contribution in [3.63, 3.8) is 0 Å². The lowest BCUT2D eigenvalue weighted by Gasteiger charge is -2.06. The molecule has 2 aromatic rings. The van der Waals surface area contributed by atoms with Crippen LogP contribution in [0.3, 0.4) is 0 Å². The van der Waals surface area contributed by atoms with Crippen LogP contribution in [-0.2, 0) is 18.3 Å². The van der Waals surface area contributed by atoms with Crippen molar-refractivity contribution in [3.8, 4) is 0 Å². The number of hydrogen-bond acceptors (Lipinski definition) is 3. The Morgan fingerprint density at radius 3 is 2.75 bits per heavy atom. The Bertz CT molecular complexity index is 565. The number of anilines is 1. The van der Waals surface area contributed by atoms with Crippen LogP contribution in [0.15, 0.2) is 36.7 Å². The van der Waals surface area contributed by atoms with Crippen molar-refractivity contribution in [1.82, 2.24) is 15.1 Å². The lowest BCUT2D eigenvalue weighted by Crippen LogP contribution is -2.29. The quantitative estimate of drug-likeness (QED) is 0.799. The summed E-state index contributed by atoms with van der Waals surface area (Å²) in [7, 11) is 1.89. The van der Waals surface area contributed by atoms with Gasteiger partial charge in [-0.05, 0) is 42.8 Å². The van der Waals surface area contributed by atoms with Crippen molar-refractivity contribution in [2.75, 3.05) is 18.4 Å². The van der Waals surface area contributed by atoms with Crippen LogP contribution >= 0.6 is 11.6 Å². The Morgan fingerprint density at radius 1 is 1.35 bits per heavy atom. The van der Waals surface area contributed by atoms with Gasteiger partial charge in [-0.3, -0.25) is 9.48 Å². The second kappa shape index (κ2) is 7.07. The van der Waals surface area contributed by atoms with E-state index in [1.54, 1.807) is 28.9 Å². The standard InChI is InChI=1S/C14H17ClN4O/c1-19-10-11(8-17-19)6-7-16-9-14(20)18-13-4-2-12(15)3-5-13/h2-5,8,10,16H,6-7,9H2,1H3,(H,18,20). The van der Waals surface area contributed by atoms with Gasteiger partial charge in [-0.2, -0.15) is 5.10 Å². The molecule has 0 bridgehead atoms. The maximum absolute atomic E-state index is 11.7. The van der Waals surface area contributed by atoms with Crippen LogP contribution in [0, 0.1) is 0 Å². The highest BCUT2D eigenvalue weighted by Crippen LogP contribution is 2.12. The number of nitrogens with one attached hydrogen (secondary N) is 2. The van der Waals surface area contributed by atoms with E-state index in [9.17, 15) is 4.79 Å². The number of hydrogen-bond donors (Lipinski definition) is 2. The number of aromatic nitrogens is 2. The minimum absolute atomic E-state index is 0.0708. The molecule has 0 aliphatic heterocycles. The average Bonchev–Trinajstić information content (AvgIpc) is 2.83. The summed E-state index contributed by atoms with van der Waals surface area (Å²) in [6, 6.07) is 7.03. The number of aryl methyl sites for hydroxylation is 1. The molecule has 0 saturated heterocycles. The van der Waals surface area contributed by atoms with Gasteiger partial charge in [0.05, 0.1) is 12.7 Å². The second-order valence-corrected chi connectivity index (χ2v) is 4.94. The first kappa shape index (κ1) is 14.6. The summed E-state index contributed by atoms with van der Waals surface area (Å²) >= 11 is 5.78. The molecule has 0 fully saturated rings. The van der Waals surface area contributed by atoms with Gasteiger partial charge >= 0.3 is 0 Å². The Balaban J connectivity index is 1.66. The van der Waals surface area contributed by atoms with E-state index in [0.717, 1.165) is 24.2 Å². The van der Waals surface area contributed by atoms with Crippen LogP contribution in [0.2, 0.25) is 5.02 Å². The summed E-state index contributed by atoms with van der Waals surface area (Å²) in [6.45, 7) is 1.02. The maximum atomic E-state index is 11.7. The molecule has 1 aromatic heterocycles. The fraction of sp³-hybridized carbons (Fsp3) is 0.286. The minimum Gasteiger partial charge on any atom is -0.325 e. The average molecular weight is 293 g/mol. The Labute approximate surface area is 122 Å². The van der Waals surface area contributed by atoms with Gasteiger partial charge in [-0.15, -0.1) is 0 Å². The van der Waals surface area contributed by atoms with Crippen LogP contribution in [0.25, 0.3) is 0 Å². The first-order valence-electron chi connectivity index (χ1n) is 6.37. The van der Waals surface area contributed by atoms with Crippen molar-refractivity contribution >= 4 is 23.2 Å². The van der Waals surface area contributed by atoms with E-state index >= 15 is 0 Å². The predicted octanol–water partition coefficient (Wildman–Crippen LogP) is 1.84. The molecule has 0 radical (unpaired) electrons. The number of amides is 1. The summed E-state index contributed by atoms with van der Waals surface area (Å²) in [5.41, 5.74) is 1.89. The first-order chi connectivity index (χ1) is 9.63. The molecule has 0 atom stereocenters. The van der Waals surface area contributed by atoms with Crippen molar-refractivity contribution in [2.24, 2.45) is 7.05 Å². The lowest BCUT2D eigenvalue weighted by atomic mass is 10.2. The van der Waals surface area contributed by atoms with Gasteiger partial charge in [-0.25, -0.2) is 0 Å². The van der Waals surface area contributed by atoms with Gasteiger partial charge < -0.3 is 10.6 Å². The van der Waals surface area contributed by atoms with Crippen LogP contribution in [0.4, 0.5) is 5.69 Å². The van der Waals surface area contributed by atoms with Crippen molar-refractivity contribution in [1.29, 1.82) is 0 Å². The molecular weight excluding hydrogens is 276 g/mol. The number of nitrogens with zero attached hydrogens (tertiary/aromatic N) is 2. The highest BCUT2D eigenvalue weighted by atomic mass is 35.5. The Morgan fingerprint density at radius 2 is 2.10 bits per heavy atom. The topological polar surface area (TPSA) is 59.0 Å². The highest BCUT2D eigenvalue weighted by molar-refractivity contribution is 6.30. The van der Waals surface area contributed by atoms with Crippen LogP contribution in [0.5, 0.6) is 0 Å². The summed E-state index contributed by atoms with van der Waals surface area (Å²) < 4.78 is 1.77. The molecule has 2 N–H and O–H groups in total. The molecular formula is C14H17ClN4O. The molecule has 1 aromatic carbocycles. The molecule has 0 saturated carbocycles. The van der Waals surface area contributed by atoms with E-state index in [4.69, 9.17) is 11.6 Å². The lowest BCUT2D eigenvalue weighted by molar-refractivity contribution is -0.115. The number of rotatable bonds is 6. The predicted molar refractivity (Wildman–Crippen MR) is 79.9 cm³/mol. The van der Waals surface area contributed by atoms with Gasteiger partial charge in [0.1, 0.15) is 0 Å². The van der Waals surface area contributed by atoms with Crippen LogP contribution < -0.4 is 10.6 Å². The third-order valence-electron chi connectivity index (χ3n) is 2.76. The SMILES string of the molecule is Cn1cc(CCNCC(=O)Nc2ccc(Cl)cc2)cn1. The van der Waals surface area contributed by atoms with E-state index in [-0.39, 0.29) is 12.5 Å². The number of carbonyl (C=O) groups excluding carboxylic acids is 1. The van der Waals surface area contributed by atoms with Crippen LogP contribution in [-0.4, -0.2) is 28.8 Å².